The summed E-state index contributed by atoms with van der Waals surface area (Å²) in [6.45, 7) is 0. The third kappa shape index (κ3) is 2.50. The van der Waals surface area contributed by atoms with Crippen LogP contribution in [-0.2, 0) is 0 Å². The molecule has 2 heterocycles. The Hall–Kier alpha value is -3.65. The van der Waals surface area contributed by atoms with E-state index in [2.05, 4.69) is 106 Å². The minimum Gasteiger partial charge on any atom is -0.309 e. The Bertz CT molecular complexity index is 1460. The summed E-state index contributed by atoms with van der Waals surface area (Å²) in [6.07, 6.45) is 5.12. The summed E-state index contributed by atoms with van der Waals surface area (Å²) < 4.78 is 4.93. The molecular formula is C30H25N2+. The molecule has 1 saturated carbocycles. The number of aromatic nitrogens is 1. The standard InChI is InChI=1S/C30H25N2/c1-5-13-27-23(9-1)24-10-2-6-14-28(24)31(27)21-17-19-22(20-18-21)32-29-15-7-3-11-25(29)26-12-4-8-16-30(26)32/h1-3,5-7,9-11,13-15,17-20,26H,4,8,12,16H2/q+1. The predicted molar refractivity (Wildman–Crippen MR) is 135 cm³/mol. The fourth-order valence-electron chi connectivity index (χ4n) is 5.99. The molecule has 1 aromatic heterocycles. The summed E-state index contributed by atoms with van der Waals surface area (Å²) in [7, 11) is 0. The molecule has 0 amide bonds. The van der Waals surface area contributed by atoms with Gasteiger partial charge in [0.05, 0.1) is 17.0 Å². The van der Waals surface area contributed by atoms with Gasteiger partial charge < -0.3 is 4.57 Å². The highest BCUT2D eigenvalue weighted by atomic mass is 15.1. The SMILES string of the molecule is c1ccc2c(c1)C1CCCCC1=[N+]2c1ccc(-n2c3ccccc3c3ccccc32)cc1. The van der Waals surface area contributed by atoms with Crippen molar-refractivity contribution in [3.8, 4) is 5.69 Å². The topological polar surface area (TPSA) is 7.94 Å². The Kier molecular flexibility index (Phi) is 3.89. The first-order valence-electron chi connectivity index (χ1n) is 11.7. The molecule has 0 saturated heterocycles. The summed E-state index contributed by atoms with van der Waals surface area (Å²) in [5.41, 5.74) is 9.48. The van der Waals surface area contributed by atoms with Gasteiger partial charge in [-0.05, 0) is 37.1 Å². The van der Waals surface area contributed by atoms with Gasteiger partial charge in [0.15, 0.2) is 5.71 Å². The third-order valence-electron chi connectivity index (χ3n) is 7.36. The first-order valence-corrected chi connectivity index (χ1v) is 11.7. The van der Waals surface area contributed by atoms with Gasteiger partial charge in [-0.2, -0.15) is 4.58 Å². The molecule has 1 fully saturated rings. The van der Waals surface area contributed by atoms with Gasteiger partial charge in [-0.15, -0.1) is 0 Å². The van der Waals surface area contributed by atoms with Gasteiger partial charge in [0, 0.05) is 46.6 Å². The van der Waals surface area contributed by atoms with Crippen LogP contribution in [0.25, 0.3) is 27.5 Å². The number of hydrogen-bond acceptors (Lipinski definition) is 0. The van der Waals surface area contributed by atoms with Crippen molar-refractivity contribution >= 4 is 38.9 Å². The Morgan fingerprint density at radius 3 is 2.06 bits per heavy atom. The second-order valence-corrected chi connectivity index (χ2v) is 9.07. The predicted octanol–water partition coefficient (Wildman–Crippen LogP) is 7.73. The highest BCUT2D eigenvalue weighted by Gasteiger charge is 2.41. The molecule has 1 aliphatic carbocycles. The average molecular weight is 414 g/mol. The minimum atomic E-state index is 0.594. The zero-order valence-corrected chi connectivity index (χ0v) is 18.0. The molecule has 0 spiro atoms. The molecule has 0 N–H and O–H groups in total. The number of rotatable bonds is 2. The van der Waals surface area contributed by atoms with Crippen molar-refractivity contribution in [1.82, 2.24) is 9.14 Å². The van der Waals surface area contributed by atoms with Crippen molar-refractivity contribution in [2.75, 3.05) is 0 Å². The van der Waals surface area contributed by atoms with Gasteiger partial charge in [-0.3, -0.25) is 0 Å². The van der Waals surface area contributed by atoms with Gasteiger partial charge in [0.25, 0.3) is 0 Å². The van der Waals surface area contributed by atoms with E-state index in [1.54, 1.807) is 5.71 Å². The number of para-hydroxylation sites is 3. The molecule has 2 nitrogen and oxygen atoms in total. The number of fused-ring (bicyclic) bond motifs is 6. The number of nitrogens with zero attached hydrogens (tertiary/aromatic N) is 2. The molecule has 2 aliphatic rings. The monoisotopic (exact) mass is 413 g/mol. The van der Waals surface area contributed by atoms with Crippen LogP contribution in [0.2, 0.25) is 0 Å². The van der Waals surface area contributed by atoms with Crippen molar-refractivity contribution in [3.63, 3.8) is 0 Å². The van der Waals surface area contributed by atoms with Crippen LogP contribution < -0.4 is 4.58 Å². The maximum Gasteiger partial charge on any atom is 0.215 e. The van der Waals surface area contributed by atoms with Gasteiger partial charge >= 0.3 is 0 Å². The quantitative estimate of drug-likeness (QED) is 0.262. The van der Waals surface area contributed by atoms with Gasteiger partial charge in [-0.1, -0.05) is 61.0 Å². The van der Waals surface area contributed by atoms with Crippen LogP contribution in [0.1, 0.15) is 37.2 Å². The number of benzene rings is 4. The van der Waals surface area contributed by atoms with Crippen molar-refractivity contribution in [2.45, 2.75) is 31.6 Å². The van der Waals surface area contributed by atoms with E-state index >= 15 is 0 Å². The second kappa shape index (κ2) is 6.93. The van der Waals surface area contributed by atoms with Crippen LogP contribution in [0.4, 0.5) is 11.4 Å². The smallest absolute Gasteiger partial charge is 0.215 e. The lowest BCUT2D eigenvalue weighted by Gasteiger charge is -2.15. The van der Waals surface area contributed by atoms with Crippen molar-refractivity contribution < 1.29 is 0 Å². The molecule has 32 heavy (non-hydrogen) atoms. The summed E-state index contributed by atoms with van der Waals surface area (Å²) in [5.74, 6) is 0.594. The van der Waals surface area contributed by atoms with E-state index in [1.165, 1.54) is 70.1 Å². The molecule has 0 bridgehead atoms. The van der Waals surface area contributed by atoms with Crippen LogP contribution in [0.3, 0.4) is 0 Å². The largest absolute Gasteiger partial charge is 0.309 e. The molecule has 2 heteroatoms. The Balaban J connectivity index is 1.40. The molecule has 154 valence electrons. The van der Waals surface area contributed by atoms with Crippen molar-refractivity contribution in [3.05, 3.63) is 103 Å². The van der Waals surface area contributed by atoms with E-state index in [1.807, 2.05) is 0 Å². The highest BCUT2D eigenvalue weighted by molar-refractivity contribution is 6.09. The second-order valence-electron chi connectivity index (χ2n) is 9.07. The van der Waals surface area contributed by atoms with Gasteiger partial charge in [0.1, 0.15) is 0 Å². The highest BCUT2D eigenvalue weighted by Crippen LogP contribution is 2.43. The zero-order valence-electron chi connectivity index (χ0n) is 18.0. The fourth-order valence-corrected chi connectivity index (χ4v) is 5.99. The number of hydrogen-bond donors (Lipinski definition) is 0. The van der Waals surface area contributed by atoms with E-state index in [0.29, 0.717) is 5.92 Å². The Morgan fingerprint density at radius 1 is 0.656 bits per heavy atom. The molecule has 4 aromatic carbocycles. The van der Waals surface area contributed by atoms with Crippen molar-refractivity contribution in [2.24, 2.45) is 0 Å². The lowest BCUT2D eigenvalue weighted by molar-refractivity contribution is 0.618. The average Bonchev–Trinajstić information content (AvgIpc) is 3.38. The summed E-state index contributed by atoms with van der Waals surface area (Å²) in [5, 5.41) is 2.61. The van der Waals surface area contributed by atoms with Crippen LogP contribution in [0.5, 0.6) is 0 Å². The van der Waals surface area contributed by atoms with Crippen LogP contribution >= 0.6 is 0 Å². The summed E-state index contributed by atoms with van der Waals surface area (Å²) in [4.78, 5) is 0. The molecule has 1 unspecified atom stereocenters. The fraction of sp³-hybridized carbons (Fsp3) is 0.167. The zero-order chi connectivity index (χ0) is 21.1. The molecule has 1 aliphatic heterocycles. The van der Waals surface area contributed by atoms with Crippen molar-refractivity contribution in [1.29, 1.82) is 0 Å². The molecule has 1 atom stereocenters. The summed E-state index contributed by atoms with van der Waals surface area (Å²) in [6, 6.07) is 35.6. The Morgan fingerprint density at radius 2 is 1.31 bits per heavy atom. The maximum atomic E-state index is 2.54. The van der Waals surface area contributed by atoms with Gasteiger partial charge in [-0.25, -0.2) is 0 Å². The van der Waals surface area contributed by atoms with E-state index in [9.17, 15) is 0 Å². The summed E-state index contributed by atoms with van der Waals surface area (Å²) >= 11 is 0. The molecular weight excluding hydrogens is 388 g/mol. The van der Waals surface area contributed by atoms with Crippen LogP contribution in [0.15, 0.2) is 97.1 Å². The van der Waals surface area contributed by atoms with E-state index in [4.69, 9.17) is 0 Å². The van der Waals surface area contributed by atoms with Gasteiger partial charge in [0.2, 0.25) is 11.4 Å². The first kappa shape index (κ1) is 18.0. The minimum absolute atomic E-state index is 0.594. The Labute approximate surface area is 188 Å². The molecule has 5 aromatic rings. The normalized spacial score (nSPS) is 17.7. The lowest BCUT2D eigenvalue weighted by atomic mass is 9.84. The first-order chi connectivity index (χ1) is 15.9. The van der Waals surface area contributed by atoms with E-state index in [0.717, 1.165) is 0 Å². The maximum absolute atomic E-state index is 2.54. The van der Waals surface area contributed by atoms with Crippen LogP contribution in [-0.4, -0.2) is 10.3 Å². The lowest BCUT2D eigenvalue weighted by Crippen LogP contribution is -2.20. The van der Waals surface area contributed by atoms with E-state index in [-0.39, 0.29) is 0 Å². The van der Waals surface area contributed by atoms with Crippen LogP contribution in [0, 0.1) is 0 Å². The molecule has 0 radical (unpaired) electrons. The van der Waals surface area contributed by atoms with E-state index < -0.39 is 0 Å². The third-order valence-corrected chi connectivity index (χ3v) is 7.36. The molecule has 7 rings (SSSR count).